The predicted molar refractivity (Wildman–Crippen MR) is 101 cm³/mol. The highest BCUT2D eigenvalue weighted by Gasteiger charge is 2.24. The molecule has 21 heavy (non-hydrogen) atoms. The van der Waals surface area contributed by atoms with Gasteiger partial charge in [-0.2, -0.15) is 0 Å². The van der Waals surface area contributed by atoms with Crippen molar-refractivity contribution < 1.29 is 0 Å². The molecule has 1 aromatic rings. The van der Waals surface area contributed by atoms with Crippen LogP contribution in [0.2, 0.25) is 12.6 Å². The summed E-state index contributed by atoms with van der Waals surface area (Å²) in [5, 5.41) is 0.811. The van der Waals surface area contributed by atoms with E-state index in [-0.39, 0.29) is 0 Å². The number of benzene rings is 1. The summed E-state index contributed by atoms with van der Waals surface area (Å²) in [6.45, 7) is 7.86. The Hall–Kier alpha value is -0.365. The van der Waals surface area contributed by atoms with Crippen molar-refractivity contribution in [3.8, 4) is 0 Å². The molecule has 0 saturated carbocycles. The Bertz CT molecular complexity index is 331. The first-order chi connectivity index (χ1) is 10.3. The van der Waals surface area contributed by atoms with Gasteiger partial charge in [0.05, 0.1) is 0 Å². The molecule has 0 radical (unpaired) electrons. The van der Waals surface area contributed by atoms with Crippen LogP contribution in [0.4, 0.5) is 0 Å². The molecule has 1 unspecified atom stereocenters. The Balaban J connectivity index is 2.69. The van der Waals surface area contributed by atoms with Gasteiger partial charge in [0.2, 0.25) is 0 Å². The van der Waals surface area contributed by atoms with Gasteiger partial charge in [-0.1, -0.05) is 90.1 Å². The monoisotopic (exact) mass is 304 g/mol. The molecule has 1 atom stereocenters. The molecule has 0 saturated heterocycles. The van der Waals surface area contributed by atoms with E-state index in [1.807, 2.05) is 0 Å². The van der Waals surface area contributed by atoms with E-state index < -0.39 is 0 Å². The summed E-state index contributed by atoms with van der Waals surface area (Å²) in [5.74, 6) is 0. The van der Waals surface area contributed by atoms with Crippen LogP contribution < -0.4 is 0 Å². The number of thioether (sulfide) groups is 1. The first-order valence-electron chi connectivity index (χ1n) is 9.03. The maximum atomic E-state index is 2.32. The van der Waals surface area contributed by atoms with E-state index in [4.69, 9.17) is 0 Å². The quantitative estimate of drug-likeness (QED) is 0.297. The Kier molecular flexibility index (Phi) is 10.9. The topological polar surface area (TPSA) is 0 Å². The maximum absolute atomic E-state index is 2.32. The van der Waals surface area contributed by atoms with Crippen LogP contribution >= 0.6 is 11.8 Å². The van der Waals surface area contributed by atoms with Crippen molar-refractivity contribution in [1.82, 2.24) is 0 Å². The molecular weight excluding hydrogens is 271 g/mol. The minimum Gasteiger partial charge on any atom is -0.131 e. The van der Waals surface area contributed by atoms with Crippen LogP contribution in [-0.2, 0) is 0 Å². The molecule has 0 bridgehead atoms. The van der Waals surface area contributed by atoms with E-state index in [9.17, 15) is 0 Å². The molecule has 0 nitrogen and oxygen atoms in total. The summed E-state index contributed by atoms with van der Waals surface area (Å²) in [6, 6.07) is 11.0. The predicted octanol–water partition coefficient (Wildman–Crippen LogP) is 6.97. The number of hydrogen-bond acceptors (Lipinski definition) is 1. The van der Waals surface area contributed by atoms with Crippen molar-refractivity contribution in [3.05, 3.63) is 30.3 Å². The van der Waals surface area contributed by atoms with Gasteiger partial charge in [0.15, 0.2) is 6.71 Å². The van der Waals surface area contributed by atoms with Crippen molar-refractivity contribution >= 4 is 18.5 Å². The maximum Gasteiger partial charge on any atom is 0.155 e. The lowest BCUT2D eigenvalue weighted by atomic mass is 9.40. The molecule has 0 aromatic heterocycles. The zero-order valence-corrected chi connectivity index (χ0v) is 15.1. The van der Waals surface area contributed by atoms with E-state index in [2.05, 4.69) is 62.9 Å². The third kappa shape index (κ3) is 8.00. The summed E-state index contributed by atoms with van der Waals surface area (Å²) in [4.78, 5) is 1.46. The standard InChI is InChI=1S/C19H33BS/c1-4-7-15-19(21-18-13-11-10-12-14-18)20(16-8-5-2)17-9-6-3/h10-14,19H,4-9,15-17H2,1-3H3. The van der Waals surface area contributed by atoms with Gasteiger partial charge >= 0.3 is 0 Å². The highest BCUT2D eigenvalue weighted by molar-refractivity contribution is 8.01. The molecule has 0 heterocycles. The molecule has 0 aliphatic rings. The molecule has 118 valence electrons. The number of hydrogen-bond donors (Lipinski definition) is 0. The lowest BCUT2D eigenvalue weighted by Crippen LogP contribution is -2.28. The van der Waals surface area contributed by atoms with Gasteiger partial charge in [0.25, 0.3) is 0 Å². The number of rotatable bonds is 12. The SMILES string of the molecule is CCCCB(CCCC)C(CCCC)Sc1ccccc1. The highest BCUT2D eigenvalue weighted by atomic mass is 32.2. The lowest BCUT2D eigenvalue weighted by Gasteiger charge is -2.24. The molecule has 1 rings (SSSR count). The fourth-order valence-corrected chi connectivity index (χ4v) is 4.33. The van der Waals surface area contributed by atoms with Crippen LogP contribution in [0.1, 0.15) is 65.7 Å². The molecule has 1 aromatic carbocycles. The number of unbranched alkanes of at least 4 members (excludes halogenated alkanes) is 3. The normalized spacial score (nSPS) is 12.3. The van der Waals surface area contributed by atoms with Gasteiger partial charge in [0, 0.05) is 4.90 Å². The minimum absolute atomic E-state index is 0.811. The average molecular weight is 304 g/mol. The van der Waals surface area contributed by atoms with Crippen molar-refractivity contribution in [2.24, 2.45) is 0 Å². The van der Waals surface area contributed by atoms with Gasteiger partial charge < -0.3 is 0 Å². The summed E-state index contributed by atoms with van der Waals surface area (Å²) in [6.07, 6.45) is 12.4. The fraction of sp³-hybridized carbons (Fsp3) is 0.684. The third-order valence-corrected chi connectivity index (χ3v) is 5.72. The Morgan fingerprint density at radius 1 is 0.857 bits per heavy atom. The van der Waals surface area contributed by atoms with E-state index >= 15 is 0 Å². The Morgan fingerprint density at radius 2 is 1.43 bits per heavy atom. The van der Waals surface area contributed by atoms with E-state index in [0.717, 1.165) is 11.9 Å². The molecule has 0 amide bonds. The molecular formula is C19H33BS. The van der Waals surface area contributed by atoms with Gasteiger partial charge in [-0.15, -0.1) is 11.8 Å². The molecule has 0 aliphatic heterocycles. The van der Waals surface area contributed by atoms with Crippen LogP contribution in [-0.4, -0.2) is 11.9 Å². The van der Waals surface area contributed by atoms with E-state index in [0.29, 0.717) is 0 Å². The van der Waals surface area contributed by atoms with Crippen molar-refractivity contribution in [2.75, 3.05) is 0 Å². The van der Waals surface area contributed by atoms with Crippen LogP contribution in [0.5, 0.6) is 0 Å². The minimum atomic E-state index is 0.811. The van der Waals surface area contributed by atoms with Gasteiger partial charge in [-0.25, -0.2) is 0 Å². The van der Waals surface area contributed by atoms with Crippen LogP contribution in [0, 0.1) is 0 Å². The van der Waals surface area contributed by atoms with Gasteiger partial charge in [-0.05, 0) is 23.7 Å². The van der Waals surface area contributed by atoms with E-state index in [1.165, 1.54) is 62.5 Å². The zero-order chi connectivity index (χ0) is 15.3. The average Bonchev–Trinajstić information content (AvgIpc) is 2.53. The molecule has 0 fully saturated rings. The first kappa shape index (κ1) is 18.7. The zero-order valence-electron chi connectivity index (χ0n) is 14.3. The summed E-state index contributed by atoms with van der Waals surface area (Å²) < 4.78 is 0. The largest absolute Gasteiger partial charge is 0.155 e. The molecule has 0 aliphatic carbocycles. The lowest BCUT2D eigenvalue weighted by molar-refractivity contribution is 0.741. The van der Waals surface area contributed by atoms with Crippen LogP contribution in [0.3, 0.4) is 0 Å². The van der Waals surface area contributed by atoms with Crippen LogP contribution in [0.15, 0.2) is 35.2 Å². The Labute approximate surface area is 137 Å². The Morgan fingerprint density at radius 3 is 1.95 bits per heavy atom. The van der Waals surface area contributed by atoms with Crippen molar-refractivity contribution in [3.63, 3.8) is 0 Å². The highest BCUT2D eigenvalue weighted by Crippen LogP contribution is 2.32. The molecule has 0 spiro atoms. The smallest absolute Gasteiger partial charge is 0.131 e. The third-order valence-electron chi connectivity index (χ3n) is 4.26. The molecule has 0 N–H and O–H groups in total. The fourth-order valence-electron chi connectivity index (χ4n) is 2.92. The second kappa shape index (κ2) is 12.2. The first-order valence-corrected chi connectivity index (χ1v) is 9.91. The van der Waals surface area contributed by atoms with Gasteiger partial charge in [0.1, 0.15) is 0 Å². The van der Waals surface area contributed by atoms with E-state index in [1.54, 1.807) is 0 Å². The molecule has 2 heteroatoms. The second-order valence-corrected chi connectivity index (χ2v) is 7.47. The van der Waals surface area contributed by atoms with Gasteiger partial charge in [-0.3, -0.25) is 0 Å². The summed E-state index contributed by atoms with van der Waals surface area (Å²) >= 11 is 2.14. The van der Waals surface area contributed by atoms with Crippen molar-refractivity contribution in [1.29, 1.82) is 0 Å². The van der Waals surface area contributed by atoms with Crippen LogP contribution in [0.25, 0.3) is 0 Å². The van der Waals surface area contributed by atoms with Crippen molar-refractivity contribution in [2.45, 2.75) is 88.4 Å². The second-order valence-electron chi connectivity index (χ2n) is 6.16. The summed E-state index contributed by atoms with van der Waals surface area (Å²) in [7, 11) is 0. The summed E-state index contributed by atoms with van der Waals surface area (Å²) in [5.41, 5.74) is 0.